The largest absolute Gasteiger partial charge is 0.465 e. The van der Waals surface area contributed by atoms with Crippen LogP contribution in [-0.2, 0) is 28.5 Å². The smallest absolute Gasteiger partial charge is 0.352 e. The summed E-state index contributed by atoms with van der Waals surface area (Å²) in [6.07, 6.45) is 2.17. The topological polar surface area (TPSA) is 78.5 Å². The highest BCUT2D eigenvalue weighted by Gasteiger charge is 2.41. The van der Waals surface area contributed by atoms with Crippen LogP contribution in [0, 0.1) is 0 Å². The third-order valence-corrected chi connectivity index (χ3v) is 8.17. The molecule has 6 aromatic rings. The van der Waals surface area contributed by atoms with Crippen LogP contribution in [0.4, 0.5) is 5.69 Å². The molecule has 1 aliphatic rings. The average Bonchev–Trinajstić information content (AvgIpc) is 3.64. The van der Waals surface area contributed by atoms with Gasteiger partial charge in [0.2, 0.25) is 5.56 Å². The Kier molecular flexibility index (Phi) is 6.35. The van der Waals surface area contributed by atoms with Crippen LogP contribution in [0.15, 0.2) is 131 Å². The maximum Gasteiger partial charge on any atom is 0.352 e. The maximum atomic E-state index is 12.5. The van der Waals surface area contributed by atoms with E-state index in [1.54, 1.807) is 29.9 Å². The minimum Gasteiger partial charge on any atom is -0.465 e. The average molecular weight is 565 g/mol. The lowest BCUT2D eigenvalue weighted by molar-refractivity contribution is -0.132. The summed E-state index contributed by atoms with van der Waals surface area (Å²) in [4.78, 5) is 29.4. The molecule has 0 saturated heterocycles. The molecule has 2 aromatic heterocycles. The Hall–Kier alpha value is -5.56. The second-order valence-electron chi connectivity index (χ2n) is 10.7. The van der Waals surface area contributed by atoms with Crippen LogP contribution in [0.3, 0.4) is 0 Å². The van der Waals surface area contributed by atoms with E-state index in [2.05, 4.69) is 52.1 Å². The van der Waals surface area contributed by atoms with E-state index in [4.69, 9.17) is 9.84 Å². The number of aliphatic imine (C=N–C) groups is 1. The zero-order chi connectivity index (χ0) is 29.6. The van der Waals surface area contributed by atoms with Crippen LogP contribution in [0.2, 0.25) is 0 Å². The number of methoxy groups -OCH3 is 1. The van der Waals surface area contributed by atoms with Crippen molar-refractivity contribution >= 4 is 28.3 Å². The van der Waals surface area contributed by atoms with Gasteiger partial charge in [0, 0.05) is 36.7 Å². The van der Waals surface area contributed by atoms with Gasteiger partial charge >= 0.3 is 5.97 Å². The molecule has 0 N–H and O–H groups in total. The van der Waals surface area contributed by atoms with Crippen molar-refractivity contribution in [2.24, 2.45) is 12.0 Å². The summed E-state index contributed by atoms with van der Waals surface area (Å²) >= 11 is 0. The molecule has 0 fully saturated rings. The highest BCUT2D eigenvalue weighted by molar-refractivity contribution is 6.38. The van der Waals surface area contributed by atoms with Crippen LogP contribution in [0.1, 0.15) is 22.3 Å². The SMILES string of the molecule is COC(=O)C1=Nc2cc3c(-c4ccc(=O)n(C)c4)nn(C(c4ccccc4)(c4ccccc4)c4ccccc4)c3cc2C1. The summed E-state index contributed by atoms with van der Waals surface area (Å²) in [5.41, 5.74) is 6.53. The number of esters is 1. The molecule has 0 atom stereocenters. The fourth-order valence-electron chi connectivity index (χ4n) is 6.15. The van der Waals surface area contributed by atoms with Gasteiger partial charge in [-0.2, -0.15) is 5.10 Å². The Labute approximate surface area is 248 Å². The van der Waals surface area contributed by atoms with Crippen LogP contribution in [0.5, 0.6) is 0 Å². The zero-order valence-corrected chi connectivity index (χ0v) is 23.8. The Balaban J connectivity index is 1.63. The van der Waals surface area contributed by atoms with Crippen LogP contribution in [0.25, 0.3) is 22.2 Å². The molecule has 1 aliphatic heterocycles. The van der Waals surface area contributed by atoms with Crippen molar-refractivity contribution in [3.63, 3.8) is 0 Å². The molecule has 7 rings (SSSR count). The van der Waals surface area contributed by atoms with E-state index in [-0.39, 0.29) is 5.56 Å². The molecule has 7 heteroatoms. The summed E-state index contributed by atoms with van der Waals surface area (Å²) in [7, 11) is 3.10. The Morgan fingerprint density at radius 1 is 0.814 bits per heavy atom. The van der Waals surface area contributed by atoms with E-state index in [0.717, 1.165) is 38.7 Å². The molecule has 0 saturated carbocycles. The fourth-order valence-corrected chi connectivity index (χ4v) is 6.15. The molecule has 0 bridgehead atoms. The van der Waals surface area contributed by atoms with E-state index in [9.17, 15) is 9.59 Å². The highest BCUT2D eigenvalue weighted by Crippen LogP contribution is 2.45. The van der Waals surface area contributed by atoms with Crippen molar-refractivity contribution in [1.29, 1.82) is 0 Å². The molecule has 7 nitrogen and oxygen atoms in total. The number of ether oxygens (including phenoxy) is 1. The number of benzene rings is 4. The number of aryl methyl sites for hydroxylation is 1. The first-order valence-electron chi connectivity index (χ1n) is 14.1. The highest BCUT2D eigenvalue weighted by atomic mass is 16.5. The number of hydrogen-bond donors (Lipinski definition) is 0. The lowest BCUT2D eigenvalue weighted by atomic mass is 9.77. The number of carbonyl (C=O) groups is 1. The minimum absolute atomic E-state index is 0.104. The number of rotatable bonds is 6. The number of aromatic nitrogens is 3. The number of hydrogen-bond acceptors (Lipinski definition) is 5. The van der Waals surface area contributed by atoms with Gasteiger partial charge in [-0.25, -0.2) is 14.5 Å². The summed E-state index contributed by atoms with van der Waals surface area (Å²) in [5.74, 6) is -0.438. The predicted octanol–water partition coefficient (Wildman–Crippen LogP) is 6.04. The van der Waals surface area contributed by atoms with E-state index < -0.39 is 11.5 Å². The molecule has 0 spiro atoms. The summed E-state index contributed by atoms with van der Waals surface area (Å²) in [6, 6.07) is 38.5. The molecule has 0 unspecified atom stereocenters. The normalized spacial score (nSPS) is 12.7. The lowest BCUT2D eigenvalue weighted by Crippen LogP contribution is -2.38. The molecule has 0 amide bonds. The Morgan fingerprint density at radius 3 is 1.93 bits per heavy atom. The maximum absolute atomic E-state index is 12.5. The third kappa shape index (κ3) is 4.20. The van der Waals surface area contributed by atoms with Gasteiger partial charge in [-0.15, -0.1) is 0 Å². The van der Waals surface area contributed by atoms with Gasteiger partial charge in [0.25, 0.3) is 0 Å². The molecular weight excluding hydrogens is 536 g/mol. The monoisotopic (exact) mass is 564 g/mol. The second kappa shape index (κ2) is 10.4. The first kappa shape index (κ1) is 26.3. The van der Waals surface area contributed by atoms with E-state index >= 15 is 0 Å². The van der Waals surface area contributed by atoms with Crippen LogP contribution in [-0.4, -0.2) is 33.1 Å². The van der Waals surface area contributed by atoms with Gasteiger partial charge < -0.3 is 9.30 Å². The van der Waals surface area contributed by atoms with Crippen LogP contribution < -0.4 is 5.56 Å². The molecule has 0 radical (unpaired) electrons. The van der Waals surface area contributed by atoms with Crippen LogP contribution >= 0.6 is 0 Å². The van der Waals surface area contributed by atoms with Crippen molar-refractivity contribution in [3.05, 3.63) is 154 Å². The number of carbonyl (C=O) groups excluding carboxylic acids is 1. The van der Waals surface area contributed by atoms with Crippen molar-refractivity contribution in [2.75, 3.05) is 7.11 Å². The van der Waals surface area contributed by atoms with Crippen molar-refractivity contribution < 1.29 is 9.53 Å². The number of fused-ring (bicyclic) bond motifs is 2. The Bertz CT molecular complexity index is 1980. The van der Waals surface area contributed by atoms with Crippen molar-refractivity contribution in [3.8, 4) is 11.3 Å². The lowest BCUT2D eigenvalue weighted by Gasteiger charge is -2.37. The van der Waals surface area contributed by atoms with Gasteiger partial charge in [0.1, 0.15) is 16.9 Å². The quantitative estimate of drug-likeness (QED) is 0.182. The molecule has 0 aliphatic carbocycles. The zero-order valence-electron chi connectivity index (χ0n) is 23.8. The predicted molar refractivity (Wildman–Crippen MR) is 168 cm³/mol. The van der Waals surface area contributed by atoms with Gasteiger partial charge in [-0.3, -0.25) is 4.79 Å². The van der Waals surface area contributed by atoms with Gasteiger partial charge in [-0.05, 0) is 40.5 Å². The first-order valence-corrected chi connectivity index (χ1v) is 14.1. The van der Waals surface area contributed by atoms with Gasteiger partial charge in [0.15, 0.2) is 0 Å². The standard InChI is InChI=1S/C36H28N4O3/c1-39-23-24(18-19-33(39)41)34-29-22-30-25(20-31(37-30)35(42)43-2)21-32(29)40(38-34)36(26-12-6-3-7-13-26,27-14-8-4-9-15-27)28-16-10-5-11-17-28/h3-19,21-23H,20H2,1-2H3. The molecule has 43 heavy (non-hydrogen) atoms. The van der Waals surface area contributed by atoms with Gasteiger partial charge in [-0.1, -0.05) is 91.0 Å². The first-order chi connectivity index (χ1) is 21.0. The molecule has 210 valence electrons. The molecular formula is C36H28N4O3. The molecule has 3 heterocycles. The summed E-state index contributed by atoms with van der Waals surface area (Å²) < 4.78 is 8.65. The van der Waals surface area contributed by atoms with E-state index in [1.807, 2.05) is 60.7 Å². The van der Waals surface area contributed by atoms with E-state index in [0.29, 0.717) is 23.5 Å². The van der Waals surface area contributed by atoms with Gasteiger partial charge in [0.05, 0.1) is 18.3 Å². The van der Waals surface area contributed by atoms with Crippen molar-refractivity contribution in [2.45, 2.75) is 12.0 Å². The van der Waals surface area contributed by atoms with Crippen molar-refractivity contribution in [1.82, 2.24) is 14.3 Å². The third-order valence-electron chi connectivity index (χ3n) is 8.17. The second-order valence-corrected chi connectivity index (χ2v) is 10.7. The summed E-state index contributed by atoms with van der Waals surface area (Å²) in [6.45, 7) is 0. The van der Waals surface area contributed by atoms with E-state index in [1.165, 1.54) is 7.11 Å². The Morgan fingerprint density at radius 2 is 1.40 bits per heavy atom. The fraction of sp³-hybridized carbons (Fsp3) is 0.111. The molecule has 4 aromatic carbocycles. The summed E-state index contributed by atoms with van der Waals surface area (Å²) in [5, 5.41) is 6.26. The number of nitrogens with zero attached hydrogens (tertiary/aromatic N) is 4. The number of pyridine rings is 1. The minimum atomic E-state index is -0.861.